The van der Waals surface area contributed by atoms with Crippen LogP contribution in [0.1, 0.15) is 18.0 Å². The summed E-state index contributed by atoms with van der Waals surface area (Å²) in [4.78, 5) is 4.02. The average molecular weight is 137 g/mol. The minimum atomic E-state index is 0.385. The highest BCUT2D eigenvalue weighted by Crippen LogP contribution is 2.38. The smallest absolute Gasteiger partial charge is 0.0945 e. The van der Waals surface area contributed by atoms with Gasteiger partial charge in [-0.2, -0.15) is 0 Å². The third kappa shape index (κ3) is 0.743. The van der Waals surface area contributed by atoms with Gasteiger partial charge in [0.1, 0.15) is 0 Å². The van der Waals surface area contributed by atoms with Crippen LogP contribution in [0.25, 0.3) is 0 Å². The molecule has 3 heteroatoms. The minimum absolute atomic E-state index is 0.385. The highest BCUT2D eigenvalue weighted by molar-refractivity contribution is 5.18. The first-order chi connectivity index (χ1) is 4.79. The van der Waals surface area contributed by atoms with Crippen LogP contribution in [0.15, 0.2) is 12.5 Å². The van der Waals surface area contributed by atoms with Crippen molar-refractivity contribution in [2.75, 3.05) is 0 Å². The fourth-order valence-electron chi connectivity index (χ4n) is 1.28. The van der Waals surface area contributed by atoms with E-state index in [1.165, 1.54) is 5.69 Å². The molecule has 0 bridgehead atoms. The van der Waals surface area contributed by atoms with Crippen molar-refractivity contribution in [2.24, 2.45) is 12.8 Å². The first-order valence-electron chi connectivity index (χ1n) is 3.51. The van der Waals surface area contributed by atoms with E-state index in [9.17, 15) is 0 Å². The number of aromatic nitrogens is 2. The van der Waals surface area contributed by atoms with Gasteiger partial charge >= 0.3 is 0 Å². The van der Waals surface area contributed by atoms with Gasteiger partial charge in [0.2, 0.25) is 0 Å². The molecular weight excluding hydrogens is 126 g/mol. The highest BCUT2D eigenvalue weighted by atomic mass is 15.0. The summed E-state index contributed by atoms with van der Waals surface area (Å²) in [5.74, 6) is 0.576. The average Bonchev–Trinajstić information content (AvgIpc) is 2.42. The molecule has 1 aromatic rings. The van der Waals surface area contributed by atoms with Crippen molar-refractivity contribution >= 4 is 0 Å². The van der Waals surface area contributed by atoms with E-state index in [1.807, 2.05) is 24.1 Å². The van der Waals surface area contributed by atoms with Crippen LogP contribution >= 0.6 is 0 Å². The van der Waals surface area contributed by atoms with E-state index < -0.39 is 0 Å². The fraction of sp³-hybridized carbons (Fsp3) is 0.571. The van der Waals surface area contributed by atoms with Crippen LogP contribution in [-0.2, 0) is 7.05 Å². The predicted octanol–water partition coefficient (Wildman–Crippen LogP) is 0.235. The summed E-state index contributed by atoms with van der Waals surface area (Å²) in [5.41, 5.74) is 6.96. The summed E-state index contributed by atoms with van der Waals surface area (Å²) in [6.45, 7) is 0. The largest absolute Gasteiger partial charge is 0.337 e. The van der Waals surface area contributed by atoms with Crippen molar-refractivity contribution in [1.82, 2.24) is 9.55 Å². The normalized spacial score (nSPS) is 30.6. The Morgan fingerprint density at radius 2 is 2.50 bits per heavy atom. The third-order valence-electron chi connectivity index (χ3n) is 2.07. The van der Waals surface area contributed by atoms with Crippen LogP contribution < -0.4 is 5.73 Å². The number of hydrogen-bond acceptors (Lipinski definition) is 2. The van der Waals surface area contributed by atoms with Crippen molar-refractivity contribution in [1.29, 1.82) is 0 Å². The molecule has 1 aliphatic rings. The van der Waals surface area contributed by atoms with Crippen molar-refractivity contribution in [3.8, 4) is 0 Å². The van der Waals surface area contributed by atoms with E-state index in [4.69, 9.17) is 5.73 Å². The molecule has 1 aromatic heterocycles. The Bertz CT molecular complexity index is 241. The molecule has 1 saturated carbocycles. The Kier molecular flexibility index (Phi) is 1.08. The molecule has 0 aromatic carbocycles. The second-order valence-corrected chi connectivity index (χ2v) is 2.94. The van der Waals surface area contributed by atoms with E-state index in [0.717, 1.165) is 6.42 Å². The van der Waals surface area contributed by atoms with E-state index in [0.29, 0.717) is 12.0 Å². The zero-order valence-electron chi connectivity index (χ0n) is 5.99. The number of rotatable bonds is 1. The number of aryl methyl sites for hydroxylation is 1. The van der Waals surface area contributed by atoms with Gasteiger partial charge < -0.3 is 10.3 Å². The van der Waals surface area contributed by atoms with Crippen LogP contribution in [-0.4, -0.2) is 15.6 Å². The first kappa shape index (κ1) is 5.92. The van der Waals surface area contributed by atoms with Crippen molar-refractivity contribution in [2.45, 2.75) is 18.4 Å². The summed E-state index contributed by atoms with van der Waals surface area (Å²) in [6, 6.07) is 0.385. The van der Waals surface area contributed by atoms with Gasteiger partial charge in [-0.1, -0.05) is 0 Å². The lowest BCUT2D eigenvalue weighted by molar-refractivity contribution is 0.810. The Morgan fingerprint density at radius 3 is 2.90 bits per heavy atom. The van der Waals surface area contributed by atoms with Crippen LogP contribution in [0.2, 0.25) is 0 Å². The van der Waals surface area contributed by atoms with Gasteiger partial charge in [0.15, 0.2) is 0 Å². The molecule has 0 saturated heterocycles. The molecule has 2 N–H and O–H groups in total. The SMILES string of the molecule is Cn1cncc1C1CC1N. The number of hydrogen-bond donors (Lipinski definition) is 1. The highest BCUT2D eigenvalue weighted by Gasteiger charge is 2.36. The maximum atomic E-state index is 5.69. The lowest BCUT2D eigenvalue weighted by Gasteiger charge is -1.96. The van der Waals surface area contributed by atoms with Crippen molar-refractivity contribution in [3.63, 3.8) is 0 Å². The number of nitrogens with zero attached hydrogens (tertiary/aromatic N) is 2. The third-order valence-corrected chi connectivity index (χ3v) is 2.07. The molecule has 1 aliphatic carbocycles. The van der Waals surface area contributed by atoms with Crippen molar-refractivity contribution < 1.29 is 0 Å². The molecule has 2 rings (SSSR count). The Labute approximate surface area is 59.9 Å². The van der Waals surface area contributed by atoms with Gasteiger partial charge in [0, 0.05) is 30.9 Å². The van der Waals surface area contributed by atoms with E-state index in [-0.39, 0.29) is 0 Å². The van der Waals surface area contributed by atoms with Crippen molar-refractivity contribution in [3.05, 3.63) is 18.2 Å². The number of imidazole rings is 1. The fourth-order valence-corrected chi connectivity index (χ4v) is 1.28. The van der Waals surface area contributed by atoms with Crippen LogP contribution in [0.3, 0.4) is 0 Å². The summed E-state index contributed by atoms with van der Waals surface area (Å²) >= 11 is 0. The van der Waals surface area contributed by atoms with Crippen LogP contribution in [0, 0.1) is 0 Å². The molecule has 3 nitrogen and oxygen atoms in total. The summed E-state index contributed by atoms with van der Waals surface area (Å²) in [6.07, 6.45) is 4.84. The van der Waals surface area contributed by atoms with E-state index >= 15 is 0 Å². The Hall–Kier alpha value is -0.830. The molecule has 0 amide bonds. The molecular formula is C7H11N3. The maximum Gasteiger partial charge on any atom is 0.0945 e. The van der Waals surface area contributed by atoms with Gasteiger partial charge in [0.05, 0.1) is 6.33 Å². The summed E-state index contributed by atoms with van der Waals surface area (Å²) in [7, 11) is 2.01. The van der Waals surface area contributed by atoms with E-state index in [1.54, 1.807) is 0 Å². The topological polar surface area (TPSA) is 43.8 Å². The molecule has 10 heavy (non-hydrogen) atoms. The zero-order chi connectivity index (χ0) is 7.14. The summed E-state index contributed by atoms with van der Waals surface area (Å²) in [5, 5.41) is 0. The number of nitrogens with two attached hydrogens (primary N) is 1. The van der Waals surface area contributed by atoms with Crippen LogP contribution in [0.4, 0.5) is 0 Å². The first-order valence-corrected chi connectivity index (χ1v) is 3.51. The molecule has 1 heterocycles. The molecule has 2 unspecified atom stereocenters. The van der Waals surface area contributed by atoms with Gasteiger partial charge in [-0.25, -0.2) is 4.98 Å². The zero-order valence-corrected chi connectivity index (χ0v) is 5.99. The van der Waals surface area contributed by atoms with E-state index in [2.05, 4.69) is 4.98 Å². The predicted molar refractivity (Wildman–Crippen MR) is 38.5 cm³/mol. The van der Waals surface area contributed by atoms with Crippen LogP contribution in [0.5, 0.6) is 0 Å². The molecule has 54 valence electrons. The molecule has 2 atom stereocenters. The molecule has 0 spiro atoms. The molecule has 0 radical (unpaired) electrons. The van der Waals surface area contributed by atoms with Gasteiger partial charge in [-0.15, -0.1) is 0 Å². The Morgan fingerprint density at radius 1 is 1.80 bits per heavy atom. The lowest BCUT2D eigenvalue weighted by Crippen LogP contribution is -2.03. The monoisotopic (exact) mass is 137 g/mol. The summed E-state index contributed by atoms with van der Waals surface area (Å²) < 4.78 is 2.04. The lowest BCUT2D eigenvalue weighted by atomic mass is 10.3. The van der Waals surface area contributed by atoms with Gasteiger partial charge in [-0.05, 0) is 6.42 Å². The second-order valence-electron chi connectivity index (χ2n) is 2.94. The second kappa shape index (κ2) is 1.83. The molecule has 1 fully saturated rings. The molecule has 0 aliphatic heterocycles. The minimum Gasteiger partial charge on any atom is -0.337 e. The quantitative estimate of drug-likeness (QED) is 0.602. The Balaban J connectivity index is 2.26. The standard InChI is InChI=1S/C7H11N3/c1-10-4-9-3-7(10)5-2-6(5)8/h3-6H,2,8H2,1H3. The maximum absolute atomic E-state index is 5.69. The van der Waals surface area contributed by atoms with Gasteiger partial charge in [-0.3, -0.25) is 0 Å². The van der Waals surface area contributed by atoms with Gasteiger partial charge in [0.25, 0.3) is 0 Å².